The van der Waals surface area contributed by atoms with Gasteiger partial charge in [0.15, 0.2) is 0 Å². The van der Waals surface area contributed by atoms with Crippen molar-refractivity contribution in [2.24, 2.45) is 0 Å². The molecule has 0 aliphatic heterocycles. The van der Waals surface area contributed by atoms with Crippen LogP contribution in [0.25, 0.3) is 0 Å². The Morgan fingerprint density at radius 1 is 1.44 bits per heavy atom. The van der Waals surface area contributed by atoms with Gasteiger partial charge in [0.2, 0.25) is 0 Å². The second-order valence-electron chi connectivity index (χ2n) is 3.37. The SMILES string of the molecule is OCc1nccn1Cc1ccc(Cl)cc1F. The van der Waals surface area contributed by atoms with E-state index in [0.717, 1.165) is 0 Å². The minimum absolute atomic E-state index is 0.164. The number of aliphatic hydroxyl groups is 1. The van der Waals surface area contributed by atoms with Gasteiger partial charge in [0.1, 0.15) is 18.2 Å². The molecule has 2 rings (SSSR count). The minimum Gasteiger partial charge on any atom is -0.388 e. The average Bonchev–Trinajstić information content (AvgIpc) is 2.69. The molecule has 2 aromatic rings. The maximum Gasteiger partial charge on any atom is 0.134 e. The zero-order valence-corrected chi connectivity index (χ0v) is 9.15. The lowest BCUT2D eigenvalue weighted by Gasteiger charge is -2.07. The predicted octanol–water partition coefficient (Wildman–Crippen LogP) is 2.22. The van der Waals surface area contributed by atoms with Gasteiger partial charge in [0.25, 0.3) is 0 Å². The molecule has 0 saturated carbocycles. The molecule has 84 valence electrons. The summed E-state index contributed by atoms with van der Waals surface area (Å²) in [6, 6.07) is 4.53. The van der Waals surface area contributed by atoms with Crippen LogP contribution in [0.15, 0.2) is 30.6 Å². The Hall–Kier alpha value is -1.39. The third-order valence-corrected chi connectivity index (χ3v) is 2.53. The summed E-state index contributed by atoms with van der Waals surface area (Å²) in [4.78, 5) is 3.94. The van der Waals surface area contributed by atoms with Crippen molar-refractivity contribution in [2.75, 3.05) is 0 Å². The maximum absolute atomic E-state index is 13.5. The molecule has 5 heteroatoms. The Morgan fingerprint density at radius 3 is 2.94 bits per heavy atom. The second kappa shape index (κ2) is 4.63. The van der Waals surface area contributed by atoms with Gasteiger partial charge in [-0.25, -0.2) is 9.37 Å². The lowest BCUT2D eigenvalue weighted by Crippen LogP contribution is -2.05. The Bertz CT molecular complexity index is 498. The topological polar surface area (TPSA) is 38.1 Å². The summed E-state index contributed by atoms with van der Waals surface area (Å²) in [6.07, 6.45) is 3.26. The molecule has 0 aliphatic rings. The molecule has 0 spiro atoms. The lowest BCUT2D eigenvalue weighted by atomic mass is 10.2. The number of hydrogen-bond donors (Lipinski definition) is 1. The van der Waals surface area contributed by atoms with Crippen molar-refractivity contribution in [2.45, 2.75) is 13.2 Å². The molecular weight excluding hydrogens is 231 g/mol. The van der Waals surface area contributed by atoms with Crippen LogP contribution in [0.1, 0.15) is 11.4 Å². The first-order chi connectivity index (χ1) is 7.70. The third kappa shape index (κ3) is 2.23. The van der Waals surface area contributed by atoms with Crippen molar-refractivity contribution in [1.82, 2.24) is 9.55 Å². The zero-order chi connectivity index (χ0) is 11.5. The number of imidazole rings is 1. The molecule has 0 bridgehead atoms. The molecule has 0 saturated heterocycles. The number of benzene rings is 1. The highest BCUT2D eigenvalue weighted by Gasteiger charge is 2.06. The largest absolute Gasteiger partial charge is 0.388 e. The highest BCUT2D eigenvalue weighted by Crippen LogP contribution is 2.16. The Labute approximate surface area is 97.1 Å². The van der Waals surface area contributed by atoms with Crippen LogP contribution in [0.5, 0.6) is 0 Å². The van der Waals surface area contributed by atoms with E-state index in [1.807, 2.05) is 0 Å². The van der Waals surface area contributed by atoms with E-state index in [0.29, 0.717) is 23.0 Å². The standard InChI is InChI=1S/C11H10ClFN2O/c12-9-2-1-8(10(13)5-9)6-15-4-3-14-11(15)7-16/h1-5,16H,6-7H2. The molecule has 0 atom stereocenters. The van der Waals surface area contributed by atoms with Gasteiger partial charge < -0.3 is 9.67 Å². The van der Waals surface area contributed by atoms with E-state index >= 15 is 0 Å². The van der Waals surface area contributed by atoms with Crippen molar-refractivity contribution in [1.29, 1.82) is 0 Å². The first kappa shape index (κ1) is 11.1. The van der Waals surface area contributed by atoms with Crippen LogP contribution in [0.4, 0.5) is 4.39 Å². The summed E-state index contributed by atoms with van der Waals surface area (Å²) in [5, 5.41) is 9.37. The fourth-order valence-electron chi connectivity index (χ4n) is 1.47. The van der Waals surface area contributed by atoms with Crippen molar-refractivity contribution in [3.63, 3.8) is 0 Å². The highest BCUT2D eigenvalue weighted by atomic mass is 35.5. The van der Waals surface area contributed by atoms with Crippen LogP contribution in [-0.2, 0) is 13.2 Å². The van der Waals surface area contributed by atoms with E-state index in [9.17, 15) is 4.39 Å². The molecule has 0 fully saturated rings. The smallest absolute Gasteiger partial charge is 0.134 e. The first-order valence-corrected chi connectivity index (χ1v) is 5.13. The van der Waals surface area contributed by atoms with E-state index in [4.69, 9.17) is 16.7 Å². The average molecular weight is 241 g/mol. The summed E-state index contributed by atoms with van der Waals surface area (Å²) < 4.78 is 15.2. The molecule has 1 aromatic heterocycles. The van der Waals surface area contributed by atoms with Crippen LogP contribution in [0, 0.1) is 5.82 Å². The molecule has 3 nitrogen and oxygen atoms in total. The van der Waals surface area contributed by atoms with E-state index in [1.165, 1.54) is 6.07 Å². The predicted molar refractivity (Wildman–Crippen MR) is 58.7 cm³/mol. The van der Waals surface area contributed by atoms with Crippen molar-refractivity contribution in [3.8, 4) is 0 Å². The molecule has 1 aromatic carbocycles. The van der Waals surface area contributed by atoms with E-state index in [1.54, 1.807) is 29.1 Å². The third-order valence-electron chi connectivity index (χ3n) is 2.30. The molecule has 1 heterocycles. The molecule has 0 radical (unpaired) electrons. The van der Waals surface area contributed by atoms with Crippen molar-refractivity contribution < 1.29 is 9.50 Å². The molecular formula is C11H10ClFN2O. The minimum atomic E-state index is -0.356. The maximum atomic E-state index is 13.5. The van der Waals surface area contributed by atoms with Gasteiger partial charge in [0.05, 0.1) is 6.54 Å². The van der Waals surface area contributed by atoms with Crippen LogP contribution in [0.2, 0.25) is 5.02 Å². The zero-order valence-electron chi connectivity index (χ0n) is 8.40. The van der Waals surface area contributed by atoms with Gasteiger partial charge in [-0.15, -0.1) is 0 Å². The Morgan fingerprint density at radius 2 is 2.25 bits per heavy atom. The lowest BCUT2D eigenvalue weighted by molar-refractivity contribution is 0.266. The fraction of sp³-hybridized carbons (Fsp3) is 0.182. The summed E-state index contributed by atoms with van der Waals surface area (Å²) in [5.41, 5.74) is 0.511. The summed E-state index contributed by atoms with van der Waals surface area (Å²) in [6.45, 7) is 0.168. The summed E-state index contributed by atoms with van der Waals surface area (Å²) >= 11 is 5.66. The Kier molecular flexibility index (Phi) is 3.22. The quantitative estimate of drug-likeness (QED) is 0.893. The van der Waals surface area contributed by atoms with Gasteiger partial charge in [-0.2, -0.15) is 0 Å². The van der Waals surface area contributed by atoms with Gasteiger partial charge >= 0.3 is 0 Å². The molecule has 0 aliphatic carbocycles. The van der Waals surface area contributed by atoms with E-state index in [-0.39, 0.29) is 12.4 Å². The number of halogens is 2. The van der Waals surface area contributed by atoms with E-state index < -0.39 is 0 Å². The number of nitrogens with zero attached hydrogens (tertiary/aromatic N) is 2. The van der Waals surface area contributed by atoms with Crippen molar-refractivity contribution >= 4 is 11.6 Å². The van der Waals surface area contributed by atoms with Crippen molar-refractivity contribution in [3.05, 3.63) is 52.8 Å². The van der Waals surface area contributed by atoms with Crippen LogP contribution in [-0.4, -0.2) is 14.7 Å². The summed E-state index contributed by atoms with van der Waals surface area (Å²) in [7, 11) is 0. The molecule has 0 amide bonds. The first-order valence-electron chi connectivity index (χ1n) is 4.75. The van der Waals surface area contributed by atoms with Crippen LogP contribution >= 0.6 is 11.6 Å². The van der Waals surface area contributed by atoms with Crippen LogP contribution in [0.3, 0.4) is 0 Å². The summed E-state index contributed by atoms with van der Waals surface area (Å²) in [5.74, 6) is 0.152. The number of rotatable bonds is 3. The fourth-order valence-corrected chi connectivity index (χ4v) is 1.63. The van der Waals surface area contributed by atoms with Crippen LogP contribution < -0.4 is 0 Å². The molecule has 0 unspecified atom stereocenters. The van der Waals surface area contributed by atoms with Gasteiger partial charge in [-0.05, 0) is 12.1 Å². The number of aliphatic hydroxyl groups excluding tert-OH is 1. The molecule has 1 N–H and O–H groups in total. The van der Waals surface area contributed by atoms with Gasteiger partial charge in [-0.1, -0.05) is 17.7 Å². The van der Waals surface area contributed by atoms with Gasteiger partial charge in [-0.3, -0.25) is 0 Å². The monoisotopic (exact) mass is 240 g/mol. The highest BCUT2D eigenvalue weighted by molar-refractivity contribution is 6.30. The number of aromatic nitrogens is 2. The normalized spacial score (nSPS) is 10.7. The Balaban J connectivity index is 2.27. The van der Waals surface area contributed by atoms with Gasteiger partial charge in [0, 0.05) is 23.0 Å². The molecule has 16 heavy (non-hydrogen) atoms. The number of hydrogen-bond acceptors (Lipinski definition) is 2. The second-order valence-corrected chi connectivity index (χ2v) is 3.80. The van der Waals surface area contributed by atoms with E-state index in [2.05, 4.69) is 4.98 Å².